The fourth-order valence-corrected chi connectivity index (χ4v) is 7.04. The number of aliphatic hydroxyl groups is 1. The van der Waals surface area contributed by atoms with E-state index in [1.54, 1.807) is 6.08 Å². The summed E-state index contributed by atoms with van der Waals surface area (Å²) in [6, 6.07) is 26.6. The van der Waals surface area contributed by atoms with Crippen molar-refractivity contribution in [3.8, 4) is 5.75 Å². The second kappa shape index (κ2) is 23.1. The molecule has 1 aliphatic rings. The monoisotopic (exact) mass is 722 g/mol. The Balaban J connectivity index is 1.33. The van der Waals surface area contributed by atoms with E-state index in [0.29, 0.717) is 51.0 Å². The molecule has 8 nitrogen and oxygen atoms in total. The topological polar surface area (TPSA) is 114 Å². The molecular weight excluding hydrogens is 665 g/mol. The van der Waals surface area contributed by atoms with Crippen LogP contribution in [0.1, 0.15) is 80.9 Å². The Bertz CT molecular complexity index is 1540. The van der Waals surface area contributed by atoms with Crippen LogP contribution in [0.5, 0.6) is 5.75 Å². The van der Waals surface area contributed by atoms with E-state index < -0.39 is 12.0 Å². The first-order valence-corrected chi connectivity index (χ1v) is 19.2. The summed E-state index contributed by atoms with van der Waals surface area (Å²) < 4.78 is 11.8. The highest BCUT2D eigenvalue weighted by atomic mass is 16.5. The third-order valence-electron chi connectivity index (χ3n) is 9.99. The van der Waals surface area contributed by atoms with Crippen molar-refractivity contribution in [2.75, 3.05) is 13.2 Å². The third kappa shape index (κ3) is 15.1. The summed E-state index contributed by atoms with van der Waals surface area (Å²) in [5.74, 6) is -0.669. The van der Waals surface area contributed by atoms with Gasteiger partial charge in [0.15, 0.2) is 0 Å². The quantitative estimate of drug-likeness (QED) is 0.0684. The van der Waals surface area contributed by atoms with Gasteiger partial charge in [0.05, 0.1) is 30.5 Å². The SMILES string of the molecule is C=CCCC(Cc1ccccc1)C(=O)OCC(CC1CCCCC1)NC(=O)C(CC=C)CC(=O)NC(CO)Cc1ccc(OCc2ccccc2)cc1. The molecule has 3 aromatic rings. The number of nitrogens with one attached hydrogen (secondary N) is 2. The first-order chi connectivity index (χ1) is 25.9. The van der Waals surface area contributed by atoms with Gasteiger partial charge in [0.1, 0.15) is 19.0 Å². The van der Waals surface area contributed by atoms with Gasteiger partial charge in [-0.1, -0.05) is 117 Å². The van der Waals surface area contributed by atoms with Crippen LogP contribution in [0.3, 0.4) is 0 Å². The summed E-state index contributed by atoms with van der Waals surface area (Å²) in [5.41, 5.74) is 3.09. The van der Waals surface area contributed by atoms with E-state index in [-0.39, 0.29) is 49.4 Å². The number of esters is 1. The summed E-state index contributed by atoms with van der Waals surface area (Å²) in [7, 11) is 0. The van der Waals surface area contributed by atoms with Crippen molar-refractivity contribution in [3.63, 3.8) is 0 Å². The number of hydrogen-bond donors (Lipinski definition) is 3. The van der Waals surface area contributed by atoms with Crippen LogP contribution in [0.4, 0.5) is 0 Å². The molecule has 4 atom stereocenters. The lowest BCUT2D eigenvalue weighted by Crippen LogP contribution is -2.45. The van der Waals surface area contributed by atoms with E-state index >= 15 is 0 Å². The molecule has 3 N–H and O–H groups in total. The van der Waals surface area contributed by atoms with Crippen LogP contribution < -0.4 is 15.4 Å². The van der Waals surface area contributed by atoms with Crippen LogP contribution in [-0.2, 0) is 38.6 Å². The molecule has 1 saturated carbocycles. The standard InChI is InChI=1S/C45H58N2O6/c1-3-5-22-39(27-34-16-9-6-10-17-34)45(51)53-33-41(29-35-18-11-7-12-19-35)47-44(50)38(15-4-2)30-43(49)46-40(31-48)28-36-23-25-42(26-24-36)52-32-37-20-13-8-14-21-37/h3-4,6,8-10,13-14,16-17,20-21,23-26,35,38-41,48H,1-2,5,7,11-12,15,18-19,22,27-33H2,(H,46,49)(H,47,50). The van der Waals surface area contributed by atoms with Crippen molar-refractivity contribution >= 4 is 17.8 Å². The number of carbonyl (C=O) groups is 3. The van der Waals surface area contributed by atoms with Gasteiger partial charge in [0, 0.05) is 6.42 Å². The maximum absolute atomic E-state index is 13.8. The summed E-state index contributed by atoms with van der Waals surface area (Å²) in [6.07, 6.45) is 12.5. The minimum Gasteiger partial charge on any atom is -0.489 e. The third-order valence-corrected chi connectivity index (χ3v) is 9.99. The van der Waals surface area contributed by atoms with Gasteiger partial charge in [0.2, 0.25) is 11.8 Å². The molecule has 0 aliphatic heterocycles. The van der Waals surface area contributed by atoms with E-state index in [9.17, 15) is 19.5 Å². The zero-order valence-corrected chi connectivity index (χ0v) is 31.1. The van der Waals surface area contributed by atoms with Gasteiger partial charge in [-0.25, -0.2) is 0 Å². The number of benzene rings is 3. The maximum atomic E-state index is 13.8. The Morgan fingerprint density at radius 3 is 2.08 bits per heavy atom. The fourth-order valence-electron chi connectivity index (χ4n) is 7.04. The van der Waals surface area contributed by atoms with Crippen molar-refractivity contribution < 1.29 is 29.0 Å². The molecule has 3 aromatic carbocycles. The smallest absolute Gasteiger partial charge is 0.309 e. The van der Waals surface area contributed by atoms with Gasteiger partial charge in [-0.05, 0) is 73.3 Å². The number of rotatable bonds is 23. The molecule has 1 aliphatic carbocycles. The zero-order chi connectivity index (χ0) is 37.7. The summed E-state index contributed by atoms with van der Waals surface area (Å²) in [4.78, 5) is 40.4. The number of allylic oxidation sites excluding steroid dienone is 2. The zero-order valence-electron chi connectivity index (χ0n) is 31.1. The first-order valence-electron chi connectivity index (χ1n) is 19.2. The van der Waals surface area contributed by atoms with E-state index in [0.717, 1.165) is 48.1 Å². The Morgan fingerprint density at radius 1 is 0.774 bits per heavy atom. The van der Waals surface area contributed by atoms with Crippen LogP contribution in [0.2, 0.25) is 0 Å². The highest BCUT2D eigenvalue weighted by Gasteiger charge is 2.28. The molecule has 0 radical (unpaired) electrons. The van der Waals surface area contributed by atoms with Crippen molar-refractivity contribution in [3.05, 3.63) is 127 Å². The van der Waals surface area contributed by atoms with E-state index in [2.05, 4.69) is 23.8 Å². The van der Waals surface area contributed by atoms with E-state index in [1.165, 1.54) is 6.42 Å². The molecule has 0 aromatic heterocycles. The van der Waals surface area contributed by atoms with E-state index in [4.69, 9.17) is 9.47 Å². The molecular formula is C45H58N2O6. The summed E-state index contributed by atoms with van der Waals surface area (Å²) in [6.45, 7) is 7.96. The molecule has 53 heavy (non-hydrogen) atoms. The second-order valence-electron chi connectivity index (χ2n) is 14.3. The van der Waals surface area contributed by atoms with Gasteiger partial charge in [-0.2, -0.15) is 0 Å². The van der Waals surface area contributed by atoms with Gasteiger partial charge >= 0.3 is 5.97 Å². The van der Waals surface area contributed by atoms with Crippen LogP contribution in [0.25, 0.3) is 0 Å². The molecule has 0 heterocycles. The Labute approximate surface area is 316 Å². The number of carbonyl (C=O) groups excluding carboxylic acids is 3. The highest BCUT2D eigenvalue weighted by Crippen LogP contribution is 2.28. The van der Waals surface area contributed by atoms with Crippen LogP contribution in [-0.4, -0.2) is 48.2 Å². The predicted molar refractivity (Wildman–Crippen MR) is 210 cm³/mol. The highest BCUT2D eigenvalue weighted by molar-refractivity contribution is 5.86. The second-order valence-corrected chi connectivity index (χ2v) is 14.3. The number of amides is 2. The Morgan fingerprint density at radius 2 is 1.43 bits per heavy atom. The molecule has 4 rings (SSSR count). The Kier molecular flexibility index (Phi) is 17.9. The molecule has 2 amide bonds. The molecule has 0 bridgehead atoms. The fraction of sp³-hybridized carbons (Fsp3) is 0.444. The lowest BCUT2D eigenvalue weighted by Gasteiger charge is -2.29. The van der Waals surface area contributed by atoms with Crippen LogP contribution >= 0.6 is 0 Å². The van der Waals surface area contributed by atoms with Gasteiger partial charge < -0.3 is 25.2 Å². The van der Waals surface area contributed by atoms with Crippen LogP contribution in [0, 0.1) is 17.8 Å². The molecule has 0 spiro atoms. The number of ether oxygens (including phenoxy) is 2. The number of aliphatic hydroxyl groups excluding tert-OH is 1. The van der Waals surface area contributed by atoms with Crippen molar-refractivity contribution in [2.24, 2.45) is 17.8 Å². The largest absolute Gasteiger partial charge is 0.489 e. The minimum atomic E-state index is -0.657. The molecule has 4 unspecified atom stereocenters. The molecule has 284 valence electrons. The maximum Gasteiger partial charge on any atom is 0.309 e. The van der Waals surface area contributed by atoms with Gasteiger partial charge in [-0.3, -0.25) is 14.4 Å². The van der Waals surface area contributed by atoms with Crippen molar-refractivity contribution in [1.29, 1.82) is 0 Å². The number of hydrogen-bond acceptors (Lipinski definition) is 6. The van der Waals surface area contributed by atoms with Gasteiger partial charge in [0.25, 0.3) is 0 Å². The predicted octanol–water partition coefficient (Wildman–Crippen LogP) is 7.69. The average Bonchev–Trinajstić information content (AvgIpc) is 3.18. The lowest BCUT2D eigenvalue weighted by molar-refractivity contribution is -0.150. The van der Waals surface area contributed by atoms with E-state index in [1.807, 2.05) is 91.0 Å². The molecule has 1 fully saturated rings. The normalized spacial score (nSPS) is 15.3. The van der Waals surface area contributed by atoms with Crippen molar-refractivity contribution in [1.82, 2.24) is 10.6 Å². The summed E-state index contributed by atoms with van der Waals surface area (Å²) in [5, 5.41) is 16.2. The first kappa shape index (κ1) is 41.1. The minimum absolute atomic E-state index is 0.0583. The summed E-state index contributed by atoms with van der Waals surface area (Å²) >= 11 is 0. The molecule has 8 heteroatoms. The lowest BCUT2D eigenvalue weighted by atomic mass is 9.84. The van der Waals surface area contributed by atoms with Crippen LogP contribution in [0.15, 0.2) is 110 Å². The Hall–Kier alpha value is -4.69. The van der Waals surface area contributed by atoms with Gasteiger partial charge in [-0.15, -0.1) is 13.2 Å². The van der Waals surface area contributed by atoms with Crippen molar-refractivity contribution in [2.45, 2.75) is 95.7 Å². The molecule has 0 saturated heterocycles. The average molecular weight is 723 g/mol.